The van der Waals surface area contributed by atoms with Crippen LogP contribution in [0.4, 0.5) is 0 Å². The first-order valence-corrected chi connectivity index (χ1v) is 13.0. The largest absolute Gasteiger partial charge is 0.301 e. The lowest BCUT2D eigenvalue weighted by molar-refractivity contribution is 0.0933. The lowest BCUT2D eigenvalue weighted by atomic mass is 10.0. The lowest BCUT2D eigenvalue weighted by Gasteiger charge is -2.38. The van der Waals surface area contributed by atoms with Crippen LogP contribution in [0.2, 0.25) is 0 Å². The van der Waals surface area contributed by atoms with Crippen molar-refractivity contribution in [1.82, 2.24) is 14.7 Å². The van der Waals surface area contributed by atoms with Crippen molar-refractivity contribution in [2.45, 2.75) is 38.3 Å². The van der Waals surface area contributed by atoms with Crippen molar-refractivity contribution in [3.63, 3.8) is 0 Å². The van der Waals surface area contributed by atoms with Crippen molar-refractivity contribution in [3.8, 4) is 0 Å². The fourth-order valence-corrected chi connectivity index (χ4v) is 5.58. The number of hydrogen-bond donors (Lipinski definition) is 0. The summed E-state index contributed by atoms with van der Waals surface area (Å²) in [5, 5.41) is 2.34. The Morgan fingerprint density at radius 1 is 0.765 bits per heavy atom. The number of likely N-dealkylation sites (tertiary alicyclic amines) is 1. The van der Waals surface area contributed by atoms with Crippen molar-refractivity contribution in [2.24, 2.45) is 0 Å². The second kappa shape index (κ2) is 11.3. The van der Waals surface area contributed by atoms with Crippen LogP contribution in [0.5, 0.6) is 0 Å². The summed E-state index contributed by atoms with van der Waals surface area (Å²) >= 11 is 0. The molecule has 4 nitrogen and oxygen atoms in total. The number of nitrogens with zero attached hydrogens (tertiary/aromatic N) is 3. The topological polar surface area (TPSA) is 26.8 Å². The van der Waals surface area contributed by atoms with Gasteiger partial charge in [-0.15, -0.1) is 0 Å². The lowest BCUT2D eigenvalue weighted by Crippen LogP contribution is -2.51. The van der Waals surface area contributed by atoms with Crippen LogP contribution in [-0.2, 0) is 6.54 Å². The first-order chi connectivity index (χ1) is 16.7. The Morgan fingerprint density at radius 3 is 2.35 bits per heavy atom. The molecule has 2 aliphatic rings. The summed E-state index contributed by atoms with van der Waals surface area (Å²) in [6.45, 7) is 9.29. The van der Waals surface area contributed by atoms with E-state index in [1.54, 1.807) is 0 Å². The zero-order valence-electron chi connectivity index (χ0n) is 20.2. The van der Waals surface area contributed by atoms with Crippen molar-refractivity contribution in [2.75, 3.05) is 45.8 Å². The third-order valence-corrected chi connectivity index (χ3v) is 7.62. The molecule has 3 aromatic rings. The first-order valence-electron chi connectivity index (χ1n) is 13.0. The van der Waals surface area contributed by atoms with Gasteiger partial charge in [0.15, 0.2) is 5.78 Å². The van der Waals surface area contributed by atoms with Gasteiger partial charge < -0.3 is 4.90 Å². The average Bonchev–Trinajstić information content (AvgIpc) is 3.35. The highest BCUT2D eigenvalue weighted by atomic mass is 16.1. The zero-order chi connectivity index (χ0) is 23.2. The van der Waals surface area contributed by atoms with Crippen LogP contribution in [-0.4, -0.2) is 72.3 Å². The maximum Gasteiger partial charge on any atom is 0.162 e. The molecule has 0 saturated carbocycles. The molecule has 2 fully saturated rings. The van der Waals surface area contributed by atoms with E-state index in [1.165, 1.54) is 43.5 Å². The molecule has 178 valence electrons. The van der Waals surface area contributed by atoms with Crippen LogP contribution >= 0.6 is 0 Å². The predicted octanol–water partition coefficient (Wildman–Crippen LogP) is 5.08. The van der Waals surface area contributed by atoms with Gasteiger partial charge in [-0.3, -0.25) is 14.6 Å². The molecule has 0 aliphatic carbocycles. The zero-order valence-corrected chi connectivity index (χ0v) is 20.2. The molecule has 2 saturated heterocycles. The summed E-state index contributed by atoms with van der Waals surface area (Å²) < 4.78 is 0. The fourth-order valence-electron chi connectivity index (χ4n) is 5.58. The number of ketones is 1. The van der Waals surface area contributed by atoms with Crippen LogP contribution in [0.15, 0.2) is 72.8 Å². The molecule has 1 unspecified atom stereocenters. The number of fused-ring (bicyclic) bond motifs is 1. The summed E-state index contributed by atoms with van der Waals surface area (Å²) in [6.07, 6.45) is 4.03. The van der Waals surface area contributed by atoms with Crippen LogP contribution in [0.3, 0.4) is 0 Å². The van der Waals surface area contributed by atoms with E-state index < -0.39 is 0 Å². The van der Waals surface area contributed by atoms with Crippen molar-refractivity contribution in [3.05, 3.63) is 83.9 Å². The van der Waals surface area contributed by atoms with Crippen molar-refractivity contribution >= 4 is 16.6 Å². The fraction of sp³-hybridized carbons (Fsp3) is 0.433. The molecule has 34 heavy (non-hydrogen) atoms. The van der Waals surface area contributed by atoms with E-state index >= 15 is 0 Å². The van der Waals surface area contributed by atoms with E-state index in [0.717, 1.165) is 50.0 Å². The molecular weight excluding hydrogens is 418 g/mol. The Kier molecular flexibility index (Phi) is 7.69. The number of unbranched alkanes of at least 4 members (excludes halogenated alkanes) is 1. The Bertz CT molecular complexity index is 1070. The molecule has 5 rings (SSSR count). The van der Waals surface area contributed by atoms with Gasteiger partial charge in [-0.1, -0.05) is 66.7 Å². The van der Waals surface area contributed by atoms with Crippen molar-refractivity contribution < 1.29 is 4.79 Å². The van der Waals surface area contributed by atoms with E-state index in [4.69, 9.17) is 0 Å². The van der Waals surface area contributed by atoms with Gasteiger partial charge in [-0.05, 0) is 48.2 Å². The minimum Gasteiger partial charge on any atom is -0.301 e. The quantitative estimate of drug-likeness (QED) is 0.332. The van der Waals surface area contributed by atoms with Gasteiger partial charge >= 0.3 is 0 Å². The molecule has 2 aliphatic heterocycles. The minimum atomic E-state index is 0.275. The second-order valence-electron chi connectivity index (χ2n) is 9.98. The summed E-state index contributed by atoms with van der Waals surface area (Å²) in [5.74, 6) is 0.275. The Balaban J connectivity index is 0.990. The third-order valence-electron chi connectivity index (χ3n) is 7.62. The number of Topliss-reactive ketones (excluding diaryl/α,β-unsaturated/α-hetero) is 1. The van der Waals surface area contributed by atoms with E-state index in [1.807, 2.05) is 24.3 Å². The SMILES string of the molecule is O=C(CCCCN1CCN(C2CCN(Cc3ccccc3)C2)CC1)c1ccc2ccccc2c1. The van der Waals surface area contributed by atoms with E-state index in [0.29, 0.717) is 12.5 Å². The number of piperazine rings is 1. The van der Waals surface area contributed by atoms with Gasteiger partial charge in [0.2, 0.25) is 0 Å². The molecule has 0 aromatic heterocycles. The maximum absolute atomic E-state index is 12.6. The number of carbonyl (C=O) groups excluding carboxylic acids is 1. The third kappa shape index (κ3) is 5.93. The number of benzene rings is 3. The standard InChI is InChI=1S/C30H37N3O/c34-30(28-14-13-26-10-4-5-11-27(26)22-28)12-6-7-16-31-18-20-33(21-19-31)29-15-17-32(24-29)23-25-8-2-1-3-9-25/h1-5,8-11,13-14,22,29H,6-7,12,15-21,23-24H2. The molecule has 0 spiro atoms. The van der Waals surface area contributed by atoms with Gasteiger partial charge in [0.05, 0.1) is 0 Å². The molecule has 0 radical (unpaired) electrons. The summed E-state index contributed by atoms with van der Waals surface area (Å²) in [6, 6.07) is 25.9. The minimum absolute atomic E-state index is 0.275. The highest BCUT2D eigenvalue weighted by Gasteiger charge is 2.29. The highest BCUT2D eigenvalue weighted by molar-refractivity contribution is 5.99. The average molecular weight is 456 g/mol. The van der Waals surface area contributed by atoms with E-state index in [9.17, 15) is 4.79 Å². The monoisotopic (exact) mass is 455 g/mol. The maximum atomic E-state index is 12.6. The van der Waals surface area contributed by atoms with Gasteiger partial charge in [-0.25, -0.2) is 0 Å². The molecule has 0 bridgehead atoms. The second-order valence-corrected chi connectivity index (χ2v) is 9.98. The highest BCUT2D eigenvalue weighted by Crippen LogP contribution is 2.20. The Hall–Kier alpha value is -2.53. The predicted molar refractivity (Wildman–Crippen MR) is 140 cm³/mol. The van der Waals surface area contributed by atoms with E-state index in [-0.39, 0.29) is 5.78 Å². The van der Waals surface area contributed by atoms with Crippen LogP contribution in [0.1, 0.15) is 41.6 Å². The summed E-state index contributed by atoms with van der Waals surface area (Å²) in [7, 11) is 0. The molecule has 0 N–H and O–H groups in total. The van der Waals surface area contributed by atoms with Gasteiger partial charge in [0.1, 0.15) is 0 Å². The van der Waals surface area contributed by atoms with Gasteiger partial charge in [-0.2, -0.15) is 0 Å². The molecule has 1 atom stereocenters. The molecule has 0 amide bonds. The molecule has 3 aromatic carbocycles. The summed E-state index contributed by atoms with van der Waals surface area (Å²) in [5.41, 5.74) is 2.28. The van der Waals surface area contributed by atoms with Crippen molar-refractivity contribution in [1.29, 1.82) is 0 Å². The number of rotatable bonds is 9. The van der Waals surface area contributed by atoms with E-state index in [2.05, 4.69) is 63.2 Å². The Labute approximate surface area is 204 Å². The number of hydrogen-bond acceptors (Lipinski definition) is 4. The van der Waals surface area contributed by atoms with Gasteiger partial charge in [0.25, 0.3) is 0 Å². The normalized spacial score (nSPS) is 20.2. The Morgan fingerprint density at radius 2 is 1.53 bits per heavy atom. The first kappa shape index (κ1) is 23.2. The van der Waals surface area contributed by atoms with Gasteiger partial charge in [0, 0.05) is 63.8 Å². The molecular formula is C30H37N3O. The smallest absolute Gasteiger partial charge is 0.162 e. The van der Waals surface area contributed by atoms with Crippen LogP contribution < -0.4 is 0 Å². The van der Waals surface area contributed by atoms with Crippen LogP contribution in [0, 0.1) is 0 Å². The van der Waals surface area contributed by atoms with Crippen LogP contribution in [0.25, 0.3) is 10.8 Å². The number of carbonyl (C=O) groups is 1. The summed E-state index contributed by atoms with van der Waals surface area (Å²) in [4.78, 5) is 20.6. The molecule has 2 heterocycles. The molecule has 4 heteroatoms.